The highest BCUT2D eigenvalue weighted by atomic mass is 19.2. The van der Waals surface area contributed by atoms with Crippen LogP contribution in [-0.4, -0.2) is 20.2 Å². The summed E-state index contributed by atoms with van der Waals surface area (Å²) in [5.41, 5.74) is 3.84. The van der Waals surface area contributed by atoms with Gasteiger partial charge in [0, 0.05) is 16.7 Å². The van der Waals surface area contributed by atoms with Crippen LogP contribution >= 0.6 is 0 Å². The summed E-state index contributed by atoms with van der Waals surface area (Å²) in [5.74, 6) is -1.23. The number of hydrogen-bond donors (Lipinski definition) is 3. The lowest BCUT2D eigenvalue weighted by Crippen LogP contribution is -1.96. The van der Waals surface area contributed by atoms with Crippen LogP contribution in [0.15, 0.2) is 54.6 Å². The van der Waals surface area contributed by atoms with Gasteiger partial charge >= 0.3 is 0 Å². The van der Waals surface area contributed by atoms with Crippen molar-refractivity contribution >= 4 is 11.0 Å². The first-order valence-electron chi connectivity index (χ1n) is 8.35. The third kappa shape index (κ3) is 3.09. The summed E-state index contributed by atoms with van der Waals surface area (Å²) in [4.78, 5) is 7.63. The molecule has 0 atom stereocenters. The van der Waals surface area contributed by atoms with Crippen molar-refractivity contribution in [2.24, 2.45) is 0 Å². The molecule has 4 nitrogen and oxygen atoms in total. The Labute approximate surface area is 153 Å². The summed E-state index contributed by atoms with van der Waals surface area (Å²) in [7, 11) is 0. The van der Waals surface area contributed by atoms with Crippen molar-refractivity contribution in [2.75, 3.05) is 0 Å². The molecule has 0 saturated heterocycles. The number of aromatic nitrogens is 2. The zero-order valence-corrected chi connectivity index (χ0v) is 14.4. The Kier molecular flexibility index (Phi) is 4.22. The number of aryl methyl sites for hydroxylation is 1. The maximum atomic E-state index is 14.0. The van der Waals surface area contributed by atoms with Gasteiger partial charge in [-0.3, -0.25) is 0 Å². The number of benzene rings is 3. The number of aliphatic hydroxyl groups excluding tert-OH is 1. The third-order valence-corrected chi connectivity index (χ3v) is 4.46. The van der Waals surface area contributed by atoms with E-state index in [9.17, 15) is 19.0 Å². The van der Waals surface area contributed by atoms with Crippen LogP contribution in [0.4, 0.5) is 8.78 Å². The summed E-state index contributed by atoms with van der Waals surface area (Å²) in [6, 6.07) is 14.5. The maximum Gasteiger partial charge on any atom is 0.180 e. The number of aliphatic hydroxyl groups is 2. The summed E-state index contributed by atoms with van der Waals surface area (Å²) >= 11 is 0. The molecule has 0 amide bonds. The van der Waals surface area contributed by atoms with E-state index in [0.29, 0.717) is 28.0 Å². The summed E-state index contributed by atoms with van der Waals surface area (Å²) in [6.45, 7) is 1.86. The Morgan fingerprint density at radius 2 is 1.67 bits per heavy atom. The van der Waals surface area contributed by atoms with E-state index in [1.807, 2.05) is 13.0 Å². The molecule has 27 heavy (non-hydrogen) atoms. The Bertz CT molecular complexity index is 1140. The monoisotopic (exact) mass is 366 g/mol. The Balaban J connectivity index is 1.76. The number of fused-ring (bicyclic) bond motifs is 1. The molecule has 0 spiro atoms. The second-order valence-corrected chi connectivity index (χ2v) is 6.39. The second kappa shape index (κ2) is 6.57. The number of rotatable bonds is 3. The zero-order chi connectivity index (χ0) is 19.1. The van der Waals surface area contributed by atoms with E-state index in [-0.39, 0.29) is 5.56 Å². The first kappa shape index (κ1) is 17.3. The number of H-pyrrole nitrogens is 1. The van der Waals surface area contributed by atoms with E-state index in [4.69, 9.17) is 0 Å². The van der Waals surface area contributed by atoms with Gasteiger partial charge in [-0.1, -0.05) is 36.4 Å². The number of hydrogen-bond acceptors (Lipinski definition) is 3. The number of imidazole rings is 1. The van der Waals surface area contributed by atoms with E-state index in [1.54, 1.807) is 30.3 Å². The number of aromatic amines is 1. The quantitative estimate of drug-likeness (QED) is 0.469. The van der Waals surface area contributed by atoms with Crippen LogP contribution in [0, 0.1) is 18.6 Å². The van der Waals surface area contributed by atoms with E-state index >= 15 is 0 Å². The average Bonchev–Trinajstić information content (AvgIpc) is 3.07. The first-order valence-corrected chi connectivity index (χ1v) is 8.35. The highest BCUT2D eigenvalue weighted by Crippen LogP contribution is 2.29. The van der Waals surface area contributed by atoms with E-state index < -0.39 is 17.9 Å². The predicted molar refractivity (Wildman–Crippen MR) is 98.8 cm³/mol. The predicted octanol–water partition coefficient (Wildman–Crippen LogP) is 4.47. The molecular weight excluding hydrogens is 350 g/mol. The zero-order valence-electron chi connectivity index (χ0n) is 14.4. The van der Waals surface area contributed by atoms with Crippen LogP contribution in [0.3, 0.4) is 0 Å². The van der Waals surface area contributed by atoms with Crippen LogP contribution in [0.5, 0.6) is 0 Å². The fraction of sp³-hybridized carbons (Fsp3) is 0.0952. The average molecular weight is 366 g/mol. The molecular formula is C21H16F2N2O2. The molecule has 1 aromatic heterocycles. The second-order valence-electron chi connectivity index (χ2n) is 6.39. The van der Waals surface area contributed by atoms with Crippen LogP contribution in [0.2, 0.25) is 0 Å². The van der Waals surface area contributed by atoms with Gasteiger partial charge in [0.25, 0.3) is 0 Å². The lowest BCUT2D eigenvalue weighted by atomic mass is 10.0. The lowest BCUT2D eigenvalue weighted by Gasteiger charge is -2.05. The molecule has 0 unspecified atom stereocenters. The SMILES string of the molecule is Cc1cc(C(O)O)c2nc(-c3ccc(-c4cccc(F)c4F)cc3)[nH]c2c1. The Morgan fingerprint density at radius 3 is 2.37 bits per heavy atom. The van der Waals surface area contributed by atoms with Gasteiger partial charge in [0.2, 0.25) is 0 Å². The van der Waals surface area contributed by atoms with Crippen molar-refractivity contribution in [3.8, 4) is 22.5 Å². The van der Waals surface area contributed by atoms with Gasteiger partial charge in [-0.25, -0.2) is 13.8 Å². The van der Waals surface area contributed by atoms with Gasteiger partial charge < -0.3 is 15.2 Å². The van der Waals surface area contributed by atoms with Crippen molar-refractivity contribution in [3.63, 3.8) is 0 Å². The Morgan fingerprint density at radius 1 is 0.963 bits per heavy atom. The highest BCUT2D eigenvalue weighted by Gasteiger charge is 2.15. The van der Waals surface area contributed by atoms with Crippen molar-refractivity contribution in [1.29, 1.82) is 0 Å². The largest absolute Gasteiger partial charge is 0.364 e. The molecule has 0 aliphatic rings. The number of nitrogens with one attached hydrogen (secondary N) is 1. The summed E-state index contributed by atoms with van der Waals surface area (Å²) in [5, 5.41) is 19.1. The van der Waals surface area contributed by atoms with Crippen molar-refractivity contribution in [2.45, 2.75) is 13.2 Å². The molecule has 4 rings (SSSR count). The van der Waals surface area contributed by atoms with Crippen LogP contribution in [0.25, 0.3) is 33.5 Å². The van der Waals surface area contributed by atoms with Gasteiger partial charge in [-0.05, 0) is 36.2 Å². The molecule has 3 N–H and O–H groups in total. The fourth-order valence-corrected chi connectivity index (χ4v) is 3.16. The molecule has 0 aliphatic heterocycles. The molecule has 6 heteroatoms. The molecule has 136 valence electrons. The standard InChI is InChI=1S/C21H16F2N2O2/c1-11-9-15(21(26)27)19-17(10-11)24-20(25-19)13-7-5-12(6-8-13)14-3-2-4-16(22)18(14)23/h2-10,21,26-27H,1H3,(H,24,25). The van der Waals surface area contributed by atoms with E-state index in [1.165, 1.54) is 12.1 Å². The van der Waals surface area contributed by atoms with Crippen molar-refractivity contribution in [3.05, 3.63) is 77.4 Å². The molecule has 0 aliphatic carbocycles. The fourth-order valence-electron chi connectivity index (χ4n) is 3.16. The van der Waals surface area contributed by atoms with Gasteiger partial charge in [-0.2, -0.15) is 0 Å². The molecule has 3 aromatic carbocycles. The van der Waals surface area contributed by atoms with Crippen molar-refractivity contribution in [1.82, 2.24) is 9.97 Å². The van der Waals surface area contributed by atoms with Crippen LogP contribution in [0.1, 0.15) is 17.4 Å². The van der Waals surface area contributed by atoms with Gasteiger partial charge in [-0.15, -0.1) is 0 Å². The maximum absolute atomic E-state index is 14.0. The minimum Gasteiger partial charge on any atom is -0.364 e. The van der Waals surface area contributed by atoms with Gasteiger partial charge in [0.1, 0.15) is 5.82 Å². The smallest absolute Gasteiger partial charge is 0.180 e. The molecule has 4 aromatic rings. The van der Waals surface area contributed by atoms with E-state index in [0.717, 1.165) is 17.2 Å². The molecule has 0 fully saturated rings. The number of nitrogens with zero attached hydrogens (tertiary/aromatic N) is 1. The Hall–Kier alpha value is -3.09. The molecule has 1 heterocycles. The number of halogens is 2. The van der Waals surface area contributed by atoms with Crippen LogP contribution < -0.4 is 0 Å². The highest BCUT2D eigenvalue weighted by molar-refractivity contribution is 5.83. The van der Waals surface area contributed by atoms with E-state index in [2.05, 4.69) is 9.97 Å². The van der Waals surface area contributed by atoms with Gasteiger partial charge in [0.05, 0.1) is 11.0 Å². The van der Waals surface area contributed by atoms with Gasteiger partial charge in [0.15, 0.2) is 17.9 Å². The molecule has 0 bridgehead atoms. The minimum absolute atomic E-state index is 0.187. The summed E-state index contributed by atoms with van der Waals surface area (Å²) < 4.78 is 27.4. The molecule has 0 saturated carbocycles. The first-order chi connectivity index (χ1) is 12.9. The lowest BCUT2D eigenvalue weighted by molar-refractivity contribution is -0.0414. The third-order valence-electron chi connectivity index (χ3n) is 4.46. The van der Waals surface area contributed by atoms with Crippen LogP contribution in [-0.2, 0) is 0 Å². The minimum atomic E-state index is -1.62. The molecule has 0 radical (unpaired) electrons. The summed E-state index contributed by atoms with van der Waals surface area (Å²) in [6.07, 6.45) is -1.62. The van der Waals surface area contributed by atoms with Crippen molar-refractivity contribution < 1.29 is 19.0 Å². The topological polar surface area (TPSA) is 69.1 Å². The normalized spacial score (nSPS) is 11.5.